The zero-order valence-electron chi connectivity index (χ0n) is 15.7. The van der Waals surface area contributed by atoms with Crippen LogP contribution >= 0.6 is 15.9 Å². The van der Waals surface area contributed by atoms with Gasteiger partial charge in [-0.1, -0.05) is 0 Å². The first-order valence-electron chi connectivity index (χ1n) is 9.09. The number of carbonyl (C=O) groups excluding carboxylic acids is 1. The van der Waals surface area contributed by atoms with Gasteiger partial charge in [0, 0.05) is 0 Å². The fourth-order valence-corrected chi connectivity index (χ4v) is 7.24. The van der Waals surface area contributed by atoms with Crippen molar-refractivity contribution in [2.75, 3.05) is 14.1 Å². The van der Waals surface area contributed by atoms with Crippen molar-refractivity contribution in [1.82, 2.24) is 9.88 Å². The standard InChI is InChI=1S/C22H22AsBrN2O/c1-13(27)19-12-25-20-8-6-16(24)11-18(20)22(19)23-15-5-7-17-14(10-15)4-9-21(17)26(2)3/h5-8,10-12,21,23H,4,9H2,1-3H3. The molecule has 3 nitrogen and oxygen atoms in total. The molecule has 0 aliphatic heterocycles. The molecule has 0 saturated heterocycles. The molecule has 2 atom stereocenters. The maximum atomic E-state index is 12.3. The molecule has 2 aromatic carbocycles. The molecular formula is C22H22AsBrN2O. The third-order valence-electron chi connectivity index (χ3n) is 5.29. The van der Waals surface area contributed by atoms with E-state index in [9.17, 15) is 4.79 Å². The Labute approximate surface area is 175 Å². The van der Waals surface area contributed by atoms with E-state index in [4.69, 9.17) is 0 Å². The first-order valence-corrected chi connectivity index (χ1v) is 12.0. The van der Waals surface area contributed by atoms with Gasteiger partial charge in [-0.15, -0.1) is 0 Å². The van der Waals surface area contributed by atoms with Gasteiger partial charge in [-0.3, -0.25) is 0 Å². The van der Waals surface area contributed by atoms with Crippen molar-refractivity contribution in [2.45, 2.75) is 25.8 Å². The predicted octanol–water partition coefficient (Wildman–Crippen LogP) is 3.14. The minimum atomic E-state index is -0.641. The summed E-state index contributed by atoms with van der Waals surface area (Å²) in [7, 11) is 4.31. The maximum absolute atomic E-state index is 12.3. The topological polar surface area (TPSA) is 33.2 Å². The monoisotopic (exact) mass is 484 g/mol. The number of ketones is 1. The number of halogens is 1. The van der Waals surface area contributed by atoms with Crippen molar-refractivity contribution in [3.05, 3.63) is 63.8 Å². The molecule has 27 heavy (non-hydrogen) atoms. The first kappa shape index (κ1) is 18.9. The van der Waals surface area contributed by atoms with Crippen molar-refractivity contribution in [3.63, 3.8) is 0 Å². The summed E-state index contributed by atoms with van der Waals surface area (Å²) in [4.78, 5) is 19.1. The van der Waals surface area contributed by atoms with E-state index in [1.807, 2.05) is 12.1 Å². The number of Topliss-reactive ketones (excluding diaryl/α,β-unsaturated/α-hetero) is 1. The molecule has 138 valence electrons. The Morgan fingerprint density at radius 2 is 2.04 bits per heavy atom. The molecule has 1 aliphatic carbocycles. The number of pyridine rings is 1. The van der Waals surface area contributed by atoms with Crippen LogP contribution in [0.2, 0.25) is 0 Å². The summed E-state index contributed by atoms with van der Waals surface area (Å²) >= 11 is 2.93. The molecule has 0 fully saturated rings. The molecule has 3 aromatic rings. The zero-order valence-corrected chi connectivity index (χ0v) is 19.4. The van der Waals surface area contributed by atoms with E-state index in [0.717, 1.165) is 27.4 Å². The molecule has 0 spiro atoms. The molecule has 2 unspecified atom stereocenters. The Hall–Kier alpha value is -1.48. The molecule has 0 saturated carbocycles. The second kappa shape index (κ2) is 7.50. The van der Waals surface area contributed by atoms with E-state index in [-0.39, 0.29) is 5.78 Å². The van der Waals surface area contributed by atoms with Crippen LogP contribution in [0.3, 0.4) is 0 Å². The summed E-state index contributed by atoms with van der Waals surface area (Å²) in [6.45, 7) is 1.64. The molecule has 0 bridgehead atoms. The average Bonchev–Trinajstić information content (AvgIpc) is 3.05. The van der Waals surface area contributed by atoms with Gasteiger partial charge in [-0.2, -0.15) is 0 Å². The molecular weight excluding hydrogens is 463 g/mol. The number of nitrogens with zero attached hydrogens (tertiary/aromatic N) is 2. The van der Waals surface area contributed by atoms with E-state index >= 15 is 0 Å². The summed E-state index contributed by atoms with van der Waals surface area (Å²) in [6, 6.07) is 13.6. The molecule has 0 amide bonds. The Bertz CT molecular complexity index is 1050. The number of hydrogen-bond donors (Lipinski definition) is 0. The number of aromatic nitrogens is 1. The van der Waals surface area contributed by atoms with Gasteiger partial charge >= 0.3 is 175 Å². The Morgan fingerprint density at radius 3 is 2.78 bits per heavy atom. The number of rotatable bonds is 4. The van der Waals surface area contributed by atoms with Gasteiger partial charge in [0.05, 0.1) is 0 Å². The third-order valence-corrected chi connectivity index (χ3v) is 8.70. The predicted molar refractivity (Wildman–Crippen MR) is 117 cm³/mol. The van der Waals surface area contributed by atoms with Gasteiger partial charge in [0.2, 0.25) is 0 Å². The molecule has 1 heterocycles. The second-order valence-electron chi connectivity index (χ2n) is 7.32. The summed E-state index contributed by atoms with van der Waals surface area (Å²) in [5.74, 6) is 0.0944. The number of aryl methyl sites for hydroxylation is 1. The Morgan fingerprint density at radius 1 is 1.22 bits per heavy atom. The Balaban J connectivity index is 1.79. The molecule has 0 N–H and O–H groups in total. The van der Waals surface area contributed by atoms with E-state index in [0.29, 0.717) is 6.04 Å². The fraction of sp³-hybridized carbons (Fsp3) is 0.273. The van der Waals surface area contributed by atoms with Crippen LogP contribution < -0.4 is 8.70 Å². The van der Waals surface area contributed by atoms with Gasteiger partial charge in [-0.05, 0) is 0 Å². The van der Waals surface area contributed by atoms with Crippen LogP contribution in [0.5, 0.6) is 0 Å². The molecule has 1 aromatic heterocycles. The van der Waals surface area contributed by atoms with E-state index in [2.05, 4.69) is 64.2 Å². The number of carbonyl (C=O) groups is 1. The van der Waals surface area contributed by atoms with Crippen LogP contribution in [-0.4, -0.2) is 45.5 Å². The normalized spacial score (nSPS) is 16.6. The van der Waals surface area contributed by atoms with Gasteiger partial charge in [0.25, 0.3) is 0 Å². The van der Waals surface area contributed by atoms with Crippen LogP contribution in [0.15, 0.2) is 47.1 Å². The SMILES string of the molecule is CC(=O)c1cnc2ccc(Br)cc2c1[AsH]c1ccc2c(c1)CCC2N(C)C. The summed E-state index contributed by atoms with van der Waals surface area (Å²) < 4.78 is 3.59. The van der Waals surface area contributed by atoms with Crippen molar-refractivity contribution in [2.24, 2.45) is 0 Å². The summed E-state index contributed by atoms with van der Waals surface area (Å²) in [5, 5.41) is 1.10. The van der Waals surface area contributed by atoms with E-state index in [1.54, 1.807) is 13.1 Å². The van der Waals surface area contributed by atoms with Gasteiger partial charge in [-0.25, -0.2) is 0 Å². The van der Waals surface area contributed by atoms with Crippen LogP contribution in [0.1, 0.15) is 40.9 Å². The van der Waals surface area contributed by atoms with Crippen molar-refractivity contribution in [3.8, 4) is 0 Å². The molecule has 0 radical (unpaired) electrons. The number of hydrogen-bond acceptors (Lipinski definition) is 3. The van der Waals surface area contributed by atoms with Crippen LogP contribution in [0.25, 0.3) is 10.9 Å². The number of benzene rings is 2. The molecule has 4 rings (SSSR count). The van der Waals surface area contributed by atoms with Crippen LogP contribution in [-0.2, 0) is 6.42 Å². The van der Waals surface area contributed by atoms with Crippen molar-refractivity contribution in [1.29, 1.82) is 0 Å². The zero-order chi connectivity index (χ0) is 19.1. The van der Waals surface area contributed by atoms with E-state index in [1.165, 1.54) is 26.3 Å². The van der Waals surface area contributed by atoms with Gasteiger partial charge in [0.15, 0.2) is 0 Å². The Kier molecular flexibility index (Phi) is 5.24. The first-order chi connectivity index (χ1) is 12.9. The van der Waals surface area contributed by atoms with Gasteiger partial charge in [0.1, 0.15) is 0 Å². The average molecular weight is 485 g/mol. The number of fused-ring (bicyclic) bond motifs is 2. The van der Waals surface area contributed by atoms with Crippen molar-refractivity contribution < 1.29 is 4.79 Å². The minimum absolute atomic E-state index is 0.0944. The molecule has 1 aliphatic rings. The summed E-state index contributed by atoms with van der Waals surface area (Å²) in [6.07, 6.45) is 4.09. The van der Waals surface area contributed by atoms with Crippen LogP contribution in [0, 0.1) is 0 Å². The van der Waals surface area contributed by atoms with Gasteiger partial charge < -0.3 is 0 Å². The quantitative estimate of drug-likeness (QED) is 0.421. The second-order valence-corrected chi connectivity index (χ2v) is 11.0. The van der Waals surface area contributed by atoms with Crippen molar-refractivity contribution >= 4 is 57.1 Å². The van der Waals surface area contributed by atoms with E-state index < -0.39 is 15.8 Å². The fourth-order valence-electron chi connectivity index (χ4n) is 3.92. The molecule has 5 heteroatoms. The third kappa shape index (κ3) is 3.63. The van der Waals surface area contributed by atoms with Crippen LogP contribution in [0.4, 0.5) is 0 Å². The summed E-state index contributed by atoms with van der Waals surface area (Å²) in [5.41, 5.74) is 4.66.